The minimum Gasteiger partial charge on any atom is -0.481 e. The van der Waals surface area contributed by atoms with Crippen molar-refractivity contribution in [1.29, 1.82) is 0 Å². The second kappa shape index (κ2) is 5.46. The third-order valence-electron chi connectivity index (χ3n) is 2.39. The molecule has 0 aromatic rings. The molecule has 0 aliphatic heterocycles. The van der Waals surface area contributed by atoms with Gasteiger partial charge in [0.15, 0.2) is 0 Å². The number of carboxylic acids is 1. The van der Waals surface area contributed by atoms with Crippen molar-refractivity contribution in [2.24, 2.45) is 5.92 Å². The summed E-state index contributed by atoms with van der Waals surface area (Å²) in [5.41, 5.74) is 0. The molecule has 0 unspecified atom stereocenters. The van der Waals surface area contributed by atoms with E-state index in [1.165, 1.54) is 12.8 Å². The maximum Gasteiger partial charge on any atom is 0.304 e. The van der Waals surface area contributed by atoms with Crippen molar-refractivity contribution < 1.29 is 18.3 Å². The monoisotopic (exact) mass is 235 g/mol. The van der Waals surface area contributed by atoms with Crippen LogP contribution in [0.1, 0.15) is 32.1 Å². The van der Waals surface area contributed by atoms with Gasteiger partial charge in [-0.1, -0.05) is 12.8 Å². The number of carboxylic acid groups (broad SMARTS) is 1. The molecule has 88 valence electrons. The van der Waals surface area contributed by atoms with Crippen LogP contribution in [0.5, 0.6) is 0 Å². The first-order chi connectivity index (χ1) is 6.99. The minimum atomic E-state index is -3.39. The van der Waals surface area contributed by atoms with E-state index in [4.69, 9.17) is 5.11 Å². The Labute approximate surface area is 89.9 Å². The van der Waals surface area contributed by atoms with Crippen molar-refractivity contribution in [2.75, 3.05) is 12.3 Å². The molecule has 0 aromatic carbocycles. The maximum absolute atomic E-state index is 11.2. The van der Waals surface area contributed by atoms with E-state index < -0.39 is 16.0 Å². The van der Waals surface area contributed by atoms with Crippen LogP contribution in [0.3, 0.4) is 0 Å². The SMILES string of the molecule is O=C(O)CCS(=O)(=O)NCCCC1CC1. The van der Waals surface area contributed by atoms with Gasteiger partial charge in [0.2, 0.25) is 10.0 Å². The molecule has 1 aliphatic carbocycles. The predicted octanol–water partition coefficient (Wildman–Crippen LogP) is 0.571. The van der Waals surface area contributed by atoms with Crippen LogP contribution < -0.4 is 4.72 Å². The zero-order chi connectivity index (χ0) is 11.3. The summed E-state index contributed by atoms with van der Waals surface area (Å²) in [7, 11) is -3.39. The lowest BCUT2D eigenvalue weighted by atomic mass is 10.2. The van der Waals surface area contributed by atoms with Gasteiger partial charge < -0.3 is 5.11 Å². The largest absolute Gasteiger partial charge is 0.481 e. The fourth-order valence-corrected chi connectivity index (χ4v) is 2.36. The molecule has 2 N–H and O–H groups in total. The number of aliphatic carboxylic acids is 1. The van der Waals surface area contributed by atoms with Crippen molar-refractivity contribution in [1.82, 2.24) is 4.72 Å². The van der Waals surface area contributed by atoms with Gasteiger partial charge in [0.25, 0.3) is 0 Å². The normalized spacial score (nSPS) is 16.5. The molecule has 1 fully saturated rings. The van der Waals surface area contributed by atoms with Crippen LogP contribution in [0.15, 0.2) is 0 Å². The Morgan fingerprint density at radius 3 is 2.60 bits per heavy atom. The highest BCUT2D eigenvalue weighted by Crippen LogP contribution is 2.33. The Balaban J connectivity index is 2.08. The van der Waals surface area contributed by atoms with Gasteiger partial charge in [-0.3, -0.25) is 4.79 Å². The summed E-state index contributed by atoms with van der Waals surface area (Å²) in [6.07, 6.45) is 4.12. The van der Waals surface area contributed by atoms with Gasteiger partial charge in [-0.2, -0.15) is 0 Å². The van der Waals surface area contributed by atoms with Crippen molar-refractivity contribution in [3.05, 3.63) is 0 Å². The molecule has 1 rings (SSSR count). The van der Waals surface area contributed by atoms with Gasteiger partial charge >= 0.3 is 5.97 Å². The maximum atomic E-state index is 11.2. The number of sulfonamides is 1. The van der Waals surface area contributed by atoms with Crippen LogP contribution in [0.25, 0.3) is 0 Å². The van der Waals surface area contributed by atoms with E-state index in [9.17, 15) is 13.2 Å². The molecular weight excluding hydrogens is 218 g/mol. The van der Waals surface area contributed by atoms with E-state index in [0.717, 1.165) is 18.8 Å². The molecule has 0 bridgehead atoms. The van der Waals surface area contributed by atoms with Gasteiger partial charge in [-0.15, -0.1) is 0 Å². The molecule has 6 heteroatoms. The van der Waals surface area contributed by atoms with Crippen LogP contribution in [0, 0.1) is 5.92 Å². The summed E-state index contributed by atoms with van der Waals surface area (Å²) in [5, 5.41) is 8.34. The number of rotatable bonds is 8. The van der Waals surface area contributed by atoms with Crippen molar-refractivity contribution in [3.63, 3.8) is 0 Å². The minimum absolute atomic E-state index is 0.328. The second-order valence-corrected chi connectivity index (χ2v) is 5.87. The van der Waals surface area contributed by atoms with Gasteiger partial charge in [-0.05, 0) is 18.8 Å². The highest BCUT2D eigenvalue weighted by molar-refractivity contribution is 7.89. The Kier molecular flexibility index (Phi) is 4.53. The zero-order valence-corrected chi connectivity index (χ0v) is 9.42. The Morgan fingerprint density at radius 1 is 1.40 bits per heavy atom. The third-order valence-corrected chi connectivity index (χ3v) is 3.78. The van der Waals surface area contributed by atoms with Crippen LogP contribution in [-0.2, 0) is 14.8 Å². The van der Waals surface area contributed by atoms with E-state index in [2.05, 4.69) is 4.72 Å². The van der Waals surface area contributed by atoms with E-state index in [1.54, 1.807) is 0 Å². The highest BCUT2D eigenvalue weighted by atomic mass is 32.2. The summed E-state index contributed by atoms with van der Waals surface area (Å²) in [6.45, 7) is 0.429. The van der Waals surface area contributed by atoms with Crippen LogP contribution in [0.2, 0.25) is 0 Å². The first kappa shape index (κ1) is 12.4. The molecule has 0 radical (unpaired) electrons. The first-order valence-electron chi connectivity index (χ1n) is 5.19. The Bertz CT molecular complexity index is 308. The highest BCUT2D eigenvalue weighted by Gasteiger charge is 2.20. The van der Waals surface area contributed by atoms with Gasteiger partial charge in [0.1, 0.15) is 0 Å². The second-order valence-electron chi connectivity index (χ2n) is 3.94. The molecule has 1 saturated carbocycles. The van der Waals surface area contributed by atoms with E-state index in [-0.39, 0.29) is 12.2 Å². The summed E-state index contributed by atoms with van der Waals surface area (Å²) >= 11 is 0. The smallest absolute Gasteiger partial charge is 0.304 e. The lowest BCUT2D eigenvalue weighted by Gasteiger charge is -2.04. The van der Waals surface area contributed by atoms with Crippen LogP contribution >= 0.6 is 0 Å². The molecule has 0 atom stereocenters. The van der Waals surface area contributed by atoms with Crippen molar-refractivity contribution in [3.8, 4) is 0 Å². The first-order valence-corrected chi connectivity index (χ1v) is 6.84. The molecule has 15 heavy (non-hydrogen) atoms. The molecule has 0 spiro atoms. The van der Waals surface area contributed by atoms with Gasteiger partial charge in [0.05, 0.1) is 12.2 Å². The van der Waals surface area contributed by atoms with Crippen LogP contribution in [0.4, 0.5) is 0 Å². The molecule has 5 nitrogen and oxygen atoms in total. The molecule has 0 heterocycles. The van der Waals surface area contributed by atoms with E-state index in [1.807, 2.05) is 0 Å². The fourth-order valence-electron chi connectivity index (χ4n) is 1.32. The van der Waals surface area contributed by atoms with E-state index in [0.29, 0.717) is 6.54 Å². The van der Waals surface area contributed by atoms with Crippen molar-refractivity contribution in [2.45, 2.75) is 32.1 Å². The fraction of sp³-hybridized carbons (Fsp3) is 0.889. The summed E-state index contributed by atoms with van der Waals surface area (Å²) in [4.78, 5) is 10.2. The zero-order valence-electron chi connectivity index (χ0n) is 8.61. The molecule has 0 saturated heterocycles. The number of hydrogen-bond donors (Lipinski definition) is 2. The average Bonchev–Trinajstić information content (AvgIpc) is 2.93. The summed E-state index contributed by atoms with van der Waals surface area (Å²) < 4.78 is 24.8. The standard InChI is InChI=1S/C9H17NO4S/c11-9(12)5-7-15(13,14)10-6-1-2-8-3-4-8/h8,10H,1-7H2,(H,11,12). The van der Waals surface area contributed by atoms with Crippen LogP contribution in [-0.4, -0.2) is 31.8 Å². The summed E-state index contributed by atoms with van der Waals surface area (Å²) in [5.74, 6) is -0.613. The Hall–Kier alpha value is -0.620. The quantitative estimate of drug-likeness (QED) is 0.602. The lowest BCUT2D eigenvalue weighted by molar-refractivity contribution is -0.136. The molecule has 0 amide bonds. The third kappa shape index (κ3) is 6.46. The van der Waals surface area contributed by atoms with E-state index >= 15 is 0 Å². The van der Waals surface area contributed by atoms with Crippen molar-refractivity contribution >= 4 is 16.0 Å². The number of hydrogen-bond acceptors (Lipinski definition) is 3. The average molecular weight is 235 g/mol. The summed E-state index contributed by atoms with van der Waals surface area (Å²) in [6, 6.07) is 0. The van der Waals surface area contributed by atoms with Gasteiger partial charge in [0, 0.05) is 6.54 Å². The number of carbonyl (C=O) groups is 1. The number of nitrogens with one attached hydrogen (secondary N) is 1. The predicted molar refractivity (Wildman–Crippen MR) is 56.0 cm³/mol. The molecule has 1 aliphatic rings. The lowest BCUT2D eigenvalue weighted by Crippen LogP contribution is -2.28. The molecule has 0 aromatic heterocycles. The topological polar surface area (TPSA) is 83.5 Å². The van der Waals surface area contributed by atoms with Gasteiger partial charge in [-0.25, -0.2) is 13.1 Å². The Morgan fingerprint density at radius 2 is 2.07 bits per heavy atom. The molecular formula is C9H17NO4S.